The number of hydrogen-bond donors (Lipinski definition) is 8. The van der Waals surface area contributed by atoms with Crippen molar-refractivity contribution in [2.24, 2.45) is 0 Å². The molecule has 0 bridgehead atoms. The zero-order chi connectivity index (χ0) is 46.3. The fourth-order valence-corrected chi connectivity index (χ4v) is 8.90. The second-order valence-corrected chi connectivity index (χ2v) is 17.2. The summed E-state index contributed by atoms with van der Waals surface area (Å²) in [5.74, 6) is -4.24. The van der Waals surface area contributed by atoms with Crippen LogP contribution in [0.1, 0.15) is 42.0 Å². The molecule has 0 spiro atoms. The maximum absolute atomic E-state index is 14.8. The molecule has 3 heterocycles. The van der Waals surface area contributed by atoms with E-state index in [2.05, 4.69) is 31.6 Å². The molecule has 15 heteroatoms. The van der Waals surface area contributed by atoms with Crippen LogP contribution in [-0.2, 0) is 54.5 Å². The van der Waals surface area contributed by atoms with E-state index < -0.39 is 77.8 Å². The Labute approximate surface area is 381 Å². The number of rotatable bonds is 9. The average molecular weight is 892 g/mol. The van der Waals surface area contributed by atoms with Crippen LogP contribution in [0.3, 0.4) is 0 Å². The number of aliphatic hydroxyl groups excluding tert-OH is 1. The summed E-state index contributed by atoms with van der Waals surface area (Å²) < 4.78 is 0. The third-order valence-corrected chi connectivity index (χ3v) is 12.4. The van der Waals surface area contributed by atoms with Gasteiger partial charge in [-0.2, -0.15) is 0 Å². The number of phenolic OH excluding ortho intramolecular Hbond substituents is 1. The quantitative estimate of drug-likeness (QED) is 0.108. The van der Waals surface area contributed by atoms with Crippen molar-refractivity contribution in [1.82, 2.24) is 36.5 Å². The number of aromatic nitrogens is 1. The molecule has 8 rings (SSSR count). The zero-order valence-electron chi connectivity index (χ0n) is 36.4. The first-order chi connectivity index (χ1) is 31.9. The van der Waals surface area contributed by atoms with Crippen molar-refractivity contribution in [2.45, 2.75) is 87.8 Å². The minimum atomic E-state index is -1.59. The standard InChI is InChI=1S/C51H53N7O8/c1-30(59)45-50(65)56-43(26-31-10-3-2-4-11-31)51(66)58-23-9-16-44(58)49(64)55-41(27-33-17-20-34-12-5-6-13-35(34)24-33)46(61)54-42(28-36-29-52-39-15-8-7-14-38(36)39)47(62)53-40(48(63)57-45)25-32-18-21-37(60)22-19-32/h2-8,10-15,17-22,24,29-30,40-45,52,59-60H,9,16,23,25-28H2,1H3,(H,53,62)(H,54,61)(H,55,64)(H,56,65)(H,57,63)/t30-,40+,41+,42-,43+,44+,45+/m1/s1. The van der Waals surface area contributed by atoms with Gasteiger partial charge >= 0.3 is 0 Å². The number of carbonyl (C=O) groups is 6. The summed E-state index contributed by atoms with van der Waals surface area (Å²) in [6.07, 6.45) is 0.950. The predicted molar refractivity (Wildman–Crippen MR) is 248 cm³/mol. The highest BCUT2D eigenvalue weighted by atomic mass is 16.3. The molecule has 6 aromatic rings. The monoisotopic (exact) mass is 891 g/mol. The number of fused-ring (bicyclic) bond motifs is 3. The molecular formula is C51H53N7O8. The molecular weight excluding hydrogens is 839 g/mol. The lowest BCUT2D eigenvalue weighted by molar-refractivity contribution is -0.143. The lowest BCUT2D eigenvalue weighted by atomic mass is 9.98. The first kappa shape index (κ1) is 45.1. The van der Waals surface area contributed by atoms with Gasteiger partial charge in [-0.25, -0.2) is 0 Å². The normalized spacial score (nSPS) is 22.9. The number of aromatic hydroxyl groups is 1. The van der Waals surface area contributed by atoms with Gasteiger partial charge in [0.1, 0.15) is 42.0 Å². The molecule has 2 aliphatic rings. The van der Waals surface area contributed by atoms with Crippen LogP contribution in [0.4, 0.5) is 0 Å². The first-order valence-corrected chi connectivity index (χ1v) is 22.2. The molecule has 1 aromatic heterocycles. The van der Waals surface area contributed by atoms with Crippen molar-refractivity contribution in [1.29, 1.82) is 0 Å². The third-order valence-electron chi connectivity index (χ3n) is 12.4. The summed E-state index contributed by atoms with van der Waals surface area (Å²) in [7, 11) is 0. The zero-order valence-corrected chi connectivity index (χ0v) is 36.4. The maximum Gasteiger partial charge on any atom is 0.246 e. The summed E-state index contributed by atoms with van der Waals surface area (Å²) in [5.41, 5.74) is 3.48. The van der Waals surface area contributed by atoms with Crippen LogP contribution in [0.5, 0.6) is 5.75 Å². The van der Waals surface area contributed by atoms with Crippen LogP contribution < -0.4 is 26.6 Å². The van der Waals surface area contributed by atoms with E-state index in [1.807, 2.05) is 72.8 Å². The Balaban J connectivity index is 1.20. The minimum Gasteiger partial charge on any atom is -0.508 e. The molecule has 0 aliphatic carbocycles. The summed E-state index contributed by atoms with van der Waals surface area (Å²) in [6, 6.07) is 28.3. The molecule has 0 unspecified atom stereocenters. The number of aromatic amines is 1. The van der Waals surface area contributed by atoms with Gasteiger partial charge in [0.25, 0.3) is 0 Å². The molecule has 0 radical (unpaired) electrons. The van der Waals surface area contributed by atoms with Gasteiger partial charge in [-0.05, 0) is 71.0 Å². The third kappa shape index (κ3) is 10.5. The largest absolute Gasteiger partial charge is 0.508 e. The number of H-pyrrole nitrogens is 1. The van der Waals surface area contributed by atoms with E-state index in [-0.39, 0.29) is 44.4 Å². The number of carbonyl (C=O) groups excluding carboxylic acids is 6. The molecule has 6 amide bonds. The second kappa shape index (κ2) is 20.1. The predicted octanol–water partition coefficient (Wildman–Crippen LogP) is 3.11. The average Bonchev–Trinajstić information content (AvgIpc) is 3.98. The van der Waals surface area contributed by atoms with E-state index in [4.69, 9.17) is 0 Å². The fourth-order valence-electron chi connectivity index (χ4n) is 8.90. The van der Waals surface area contributed by atoms with Crippen molar-refractivity contribution in [3.63, 3.8) is 0 Å². The van der Waals surface area contributed by atoms with Gasteiger partial charge < -0.3 is 46.7 Å². The van der Waals surface area contributed by atoms with Crippen LogP contribution in [0.2, 0.25) is 0 Å². The number of aliphatic hydroxyl groups is 1. The topological polar surface area (TPSA) is 222 Å². The molecule has 5 aromatic carbocycles. The number of benzene rings is 5. The highest BCUT2D eigenvalue weighted by molar-refractivity contribution is 5.99. The number of amides is 6. The maximum atomic E-state index is 14.8. The van der Waals surface area contributed by atoms with E-state index in [0.717, 1.165) is 27.2 Å². The molecule has 2 aliphatic heterocycles. The number of hydrogen-bond acceptors (Lipinski definition) is 8. The van der Waals surface area contributed by atoms with Gasteiger partial charge in [0.2, 0.25) is 35.4 Å². The van der Waals surface area contributed by atoms with Crippen LogP contribution in [0, 0.1) is 0 Å². The molecule has 7 atom stereocenters. The molecule has 2 saturated heterocycles. The lowest BCUT2D eigenvalue weighted by Gasteiger charge is -2.32. The van der Waals surface area contributed by atoms with Crippen LogP contribution in [0.15, 0.2) is 128 Å². The highest BCUT2D eigenvalue weighted by Gasteiger charge is 2.41. The molecule has 340 valence electrons. The molecule has 66 heavy (non-hydrogen) atoms. The molecule has 0 saturated carbocycles. The highest BCUT2D eigenvalue weighted by Crippen LogP contribution is 2.23. The fraction of sp³-hybridized carbons (Fsp3) is 0.294. The van der Waals surface area contributed by atoms with Crippen molar-refractivity contribution < 1.29 is 39.0 Å². The number of nitrogens with one attached hydrogen (secondary N) is 6. The number of nitrogens with zero attached hydrogens (tertiary/aromatic N) is 1. The van der Waals surface area contributed by atoms with Gasteiger partial charge in [0, 0.05) is 49.3 Å². The van der Waals surface area contributed by atoms with Crippen LogP contribution in [-0.4, -0.2) is 104 Å². The van der Waals surface area contributed by atoms with E-state index in [1.165, 1.54) is 24.0 Å². The Kier molecular flexibility index (Phi) is 13.7. The first-order valence-electron chi connectivity index (χ1n) is 22.2. The van der Waals surface area contributed by atoms with E-state index >= 15 is 0 Å². The van der Waals surface area contributed by atoms with Crippen molar-refractivity contribution in [3.05, 3.63) is 150 Å². The Morgan fingerprint density at radius 2 is 1.14 bits per heavy atom. The molecule has 15 nitrogen and oxygen atoms in total. The summed E-state index contributed by atoms with van der Waals surface area (Å²) in [4.78, 5) is 92.1. The van der Waals surface area contributed by atoms with E-state index in [1.54, 1.807) is 42.6 Å². The van der Waals surface area contributed by atoms with Gasteiger partial charge in [0.05, 0.1) is 6.10 Å². The minimum absolute atomic E-state index is 0.0190. The SMILES string of the molecule is C[C@@H](O)[C@@H]1NC(=O)[C@H](Cc2ccc(O)cc2)NC(=O)[C@@H](Cc2c[nH]c3ccccc23)NC(=O)[C@H](Cc2ccc3ccccc3c2)NC(=O)[C@@H]2CCCN2C(=O)[C@H](Cc2ccccc2)NC1=O. The summed E-state index contributed by atoms with van der Waals surface area (Å²) in [6.45, 7) is 1.52. The number of para-hydroxylation sites is 1. The van der Waals surface area contributed by atoms with Gasteiger partial charge in [-0.3, -0.25) is 28.8 Å². The lowest BCUT2D eigenvalue weighted by Crippen LogP contribution is -2.63. The second-order valence-electron chi connectivity index (χ2n) is 17.2. The molecule has 2 fully saturated rings. The van der Waals surface area contributed by atoms with Crippen molar-refractivity contribution >= 4 is 57.1 Å². The van der Waals surface area contributed by atoms with Crippen molar-refractivity contribution in [2.75, 3.05) is 6.54 Å². The Bertz CT molecular complexity index is 2740. The van der Waals surface area contributed by atoms with Gasteiger partial charge in [-0.15, -0.1) is 0 Å². The van der Waals surface area contributed by atoms with Crippen molar-refractivity contribution in [3.8, 4) is 5.75 Å². The summed E-state index contributed by atoms with van der Waals surface area (Å²) >= 11 is 0. The number of phenols is 1. The smallest absolute Gasteiger partial charge is 0.246 e. The van der Waals surface area contributed by atoms with Crippen LogP contribution >= 0.6 is 0 Å². The summed E-state index contributed by atoms with van der Waals surface area (Å²) in [5, 5.41) is 37.8. The Morgan fingerprint density at radius 1 is 0.576 bits per heavy atom. The van der Waals surface area contributed by atoms with E-state index in [9.17, 15) is 39.0 Å². The Hall–Kier alpha value is -7.52. The van der Waals surface area contributed by atoms with Crippen LogP contribution in [0.25, 0.3) is 21.7 Å². The van der Waals surface area contributed by atoms with Gasteiger partial charge in [-0.1, -0.05) is 103 Å². The Morgan fingerprint density at radius 3 is 1.86 bits per heavy atom. The van der Waals surface area contributed by atoms with E-state index in [0.29, 0.717) is 23.1 Å². The molecule has 8 N–H and O–H groups in total. The van der Waals surface area contributed by atoms with Gasteiger partial charge in [0.15, 0.2) is 0 Å².